The third kappa shape index (κ3) is 4.00. The molecule has 0 spiro atoms. The van der Waals surface area contributed by atoms with Crippen molar-refractivity contribution >= 4 is 23.8 Å². The monoisotopic (exact) mass is 368 g/mol. The fourth-order valence-corrected chi connectivity index (χ4v) is 2.85. The maximum atomic E-state index is 12.6. The van der Waals surface area contributed by atoms with Crippen molar-refractivity contribution in [1.82, 2.24) is 14.8 Å². The summed E-state index contributed by atoms with van der Waals surface area (Å²) < 4.78 is 7.62. The summed E-state index contributed by atoms with van der Waals surface area (Å²) in [6.45, 7) is 4.49. The summed E-state index contributed by atoms with van der Waals surface area (Å²) in [7, 11) is 0. The molecule has 0 saturated carbocycles. The van der Waals surface area contributed by atoms with Crippen molar-refractivity contribution in [3.8, 4) is 17.1 Å². The van der Waals surface area contributed by atoms with Gasteiger partial charge in [0.1, 0.15) is 12.3 Å². The van der Waals surface area contributed by atoms with Gasteiger partial charge in [0.2, 0.25) is 5.91 Å². The summed E-state index contributed by atoms with van der Waals surface area (Å²) in [6.07, 6.45) is 0. The molecule has 7 heteroatoms. The Morgan fingerprint density at radius 2 is 2.08 bits per heavy atom. The molecule has 0 radical (unpaired) electrons. The molecule has 0 bridgehead atoms. The van der Waals surface area contributed by atoms with Gasteiger partial charge in [-0.05, 0) is 44.3 Å². The Morgan fingerprint density at radius 3 is 2.85 bits per heavy atom. The molecule has 3 aromatic rings. The molecule has 0 aliphatic rings. The fraction of sp³-hybridized carbons (Fsp3) is 0.211. The van der Waals surface area contributed by atoms with Crippen molar-refractivity contribution in [2.75, 3.05) is 11.9 Å². The molecule has 134 valence electrons. The number of H-pyrrole nitrogens is 1. The number of carbonyl (C=O) groups excluding carboxylic acids is 1. The van der Waals surface area contributed by atoms with Gasteiger partial charge in [0.05, 0.1) is 12.3 Å². The molecule has 2 N–H and O–H groups in total. The number of ether oxygens (including phenoxy) is 1. The van der Waals surface area contributed by atoms with E-state index in [1.165, 1.54) is 0 Å². The summed E-state index contributed by atoms with van der Waals surface area (Å²) in [5.41, 5.74) is 2.64. The van der Waals surface area contributed by atoms with E-state index in [0.29, 0.717) is 28.6 Å². The summed E-state index contributed by atoms with van der Waals surface area (Å²) in [4.78, 5) is 12.6. The highest BCUT2D eigenvalue weighted by molar-refractivity contribution is 7.71. The van der Waals surface area contributed by atoms with Gasteiger partial charge in [-0.15, -0.1) is 0 Å². The van der Waals surface area contributed by atoms with Crippen LogP contribution in [-0.4, -0.2) is 27.3 Å². The zero-order valence-corrected chi connectivity index (χ0v) is 15.5. The van der Waals surface area contributed by atoms with Crippen molar-refractivity contribution in [3.05, 3.63) is 58.9 Å². The van der Waals surface area contributed by atoms with Crippen LogP contribution in [-0.2, 0) is 11.3 Å². The van der Waals surface area contributed by atoms with Crippen LogP contribution in [0.5, 0.6) is 5.75 Å². The summed E-state index contributed by atoms with van der Waals surface area (Å²) in [5.74, 6) is 1.06. The number of para-hydroxylation sites is 2. The number of nitrogens with one attached hydrogen (secondary N) is 2. The van der Waals surface area contributed by atoms with Crippen molar-refractivity contribution in [3.63, 3.8) is 0 Å². The van der Waals surface area contributed by atoms with Gasteiger partial charge >= 0.3 is 0 Å². The molecule has 0 aliphatic heterocycles. The minimum absolute atomic E-state index is 0.0546. The number of nitrogens with zero attached hydrogens (tertiary/aromatic N) is 2. The lowest BCUT2D eigenvalue weighted by Crippen LogP contribution is -2.20. The van der Waals surface area contributed by atoms with Crippen LogP contribution in [0.3, 0.4) is 0 Å². The molecule has 1 aromatic heterocycles. The van der Waals surface area contributed by atoms with E-state index in [0.717, 1.165) is 11.1 Å². The van der Waals surface area contributed by atoms with Gasteiger partial charge in [-0.25, -0.2) is 0 Å². The zero-order chi connectivity index (χ0) is 18.5. The number of aryl methyl sites for hydroxylation is 1. The third-order valence-corrected chi connectivity index (χ3v) is 4.11. The molecular formula is C19H20N4O2S. The predicted molar refractivity (Wildman–Crippen MR) is 104 cm³/mol. The maximum absolute atomic E-state index is 12.6. The van der Waals surface area contributed by atoms with Crippen molar-refractivity contribution in [2.24, 2.45) is 0 Å². The van der Waals surface area contributed by atoms with Crippen LogP contribution < -0.4 is 10.1 Å². The minimum Gasteiger partial charge on any atom is -0.492 e. The van der Waals surface area contributed by atoms with Crippen LogP contribution in [0.4, 0.5) is 5.69 Å². The van der Waals surface area contributed by atoms with Gasteiger partial charge in [-0.3, -0.25) is 14.5 Å². The van der Waals surface area contributed by atoms with E-state index < -0.39 is 0 Å². The van der Waals surface area contributed by atoms with E-state index in [9.17, 15) is 4.79 Å². The number of aromatic nitrogens is 3. The van der Waals surface area contributed by atoms with Crippen molar-refractivity contribution < 1.29 is 9.53 Å². The van der Waals surface area contributed by atoms with Crippen LogP contribution in [0.2, 0.25) is 0 Å². The molecule has 3 rings (SSSR count). The number of anilines is 1. The van der Waals surface area contributed by atoms with Crippen molar-refractivity contribution in [1.29, 1.82) is 0 Å². The van der Waals surface area contributed by atoms with Gasteiger partial charge in [0.25, 0.3) is 0 Å². The molecule has 6 nitrogen and oxygen atoms in total. The van der Waals surface area contributed by atoms with Crippen LogP contribution in [0.15, 0.2) is 48.5 Å². The number of aromatic amines is 1. The highest BCUT2D eigenvalue weighted by Gasteiger charge is 2.14. The van der Waals surface area contributed by atoms with Crippen LogP contribution in [0.25, 0.3) is 11.4 Å². The number of rotatable bonds is 6. The maximum Gasteiger partial charge on any atom is 0.244 e. The van der Waals surface area contributed by atoms with Gasteiger partial charge < -0.3 is 10.1 Å². The largest absolute Gasteiger partial charge is 0.492 e. The molecule has 1 heterocycles. The molecule has 0 atom stereocenters. The second-order valence-electron chi connectivity index (χ2n) is 5.79. The number of carbonyl (C=O) groups is 1. The Bertz CT molecular complexity index is 977. The van der Waals surface area contributed by atoms with Gasteiger partial charge in [0.15, 0.2) is 10.6 Å². The van der Waals surface area contributed by atoms with Crippen LogP contribution >= 0.6 is 12.2 Å². The SMILES string of the molecule is CCOc1ccccc1NC(=O)Cn1c(-c2cccc(C)c2)n[nH]c1=S. The molecular weight excluding hydrogens is 348 g/mol. The minimum atomic E-state index is -0.205. The van der Waals surface area contributed by atoms with E-state index in [2.05, 4.69) is 15.5 Å². The first kappa shape index (κ1) is 17.9. The average Bonchev–Trinajstić information content (AvgIpc) is 2.97. The normalized spacial score (nSPS) is 10.5. The van der Waals surface area contributed by atoms with Crippen molar-refractivity contribution in [2.45, 2.75) is 20.4 Å². The first-order valence-electron chi connectivity index (χ1n) is 8.32. The molecule has 2 aromatic carbocycles. The van der Waals surface area contributed by atoms with E-state index in [1.54, 1.807) is 10.6 Å². The number of benzene rings is 2. The smallest absolute Gasteiger partial charge is 0.244 e. The summed E-state index contributed by atoms with van der Waals surface area (Å²) in [6, 6.07) is 15.2. The van der Waals surface area contributed by atoms with Gasteiger partial charge in [-0.1, -0.05) is 35.9 Å². The zero-order valence-electron chi connectivity index (χ0n) is 14.7. The Balaban J connectivity index is 1.83. The van der Waals surface area contributed by atoms with Crippen LogP contribution in [0.1, 0.15) is 12.5 Å². The third-order valence-electron chi connectivity index (χ3n) is 3.80. The van der Waals surface area contributed by atoms with Gasteiger partial charge in [0, 0.05) is 5.56 Å². The topological polar surface area (TPSA) is 71.9 Å². The average molecular weight is 368 g/mol. The molecule has 0 unspecified atom stereocenters. The second kappa shape index (κ2) is 7.97. The Labute approximate surface area is 156 Å². The Hall–Kier alpha value is -2.93. The second-order valence-corrected chi connectivity index (χ2v) is 6.17. The van der Waals surface area contributed by atoms with Crippen LogP contribution in [0, 0.1) is 11.7 Å². The lowest BCUT2D eigenvalue weighted by atomic mass is 10.1. The van der Waals surface area contributed by atoms with Gasteiger partial charge in [-0.2, -0.15) is 5.10 Å². The van der Waals surface area contributed by atoms with E-state index in [4.69, 9.17) is 17.0 Å². The fourth-order valence-electron chi connectivity index (χ4n) is 2.65. The first-order valence-corrected chi connectivity index (χ1v) is 8.73. The van der Waals surface area contributed by atoms with E-state index in [1.807, 2.05) is 56.3 Å². The molecule has 1 amide bonds. The number of amides is 1. The lowest BCUT2D eigenvalue weighted by molar-refractivity contribution is -0.116. The highest BCUT2D eigenvalue weighted by atomic mass is 32.1. The Morgan fingerprint density at radius 1 is 1.27 bits per heavy atom. The summed E-state index contributed by atoms with van der Waals surface area (Å²) >= 11 is 5.30. The standard InChI is InChI=1S/C19H20N4O2S/c1-3-25-16-10-5-4-9-15(16)20-17(24)12-23-18(21-22-19(23)26)14-8-6-7-13(2)11-14/h4-11H,3,12H2,1-2H3,(H,20,24)(H,22,26). The molecule has 0 fully saturated rings. The molecule has 0 saturated heterocycles. The highest BCUT2D eigenvalue weighted by Crippen LogP contribution is 2.24. The van der Waals surface area contributed by atoms with E-state index in [-0.39, 0.29) is 12.5 Å². The quantitative estimate of drug-likeness (QED) is 0.646. The number of hydrogen-bond acceptors (Lipinski definition) is 4. The molecule has 0 aliphatic carbocycles. The predicted octanol–water partition coefficient (Wildman–Crippen LogP) is 3.95. The van der Waals surface area contributed by atoms with E-state index >= 15 is 0 Å². The summed E-state index contributed by atoms with van der Waals surface area (Å²) in [5, 5.41) is 9.92. The molecule has 26 heavy (non-hydrogen) atoms. The lowest BCUT2D eigenvalue weighted by Gasteiger charge is -2.12. The Kier molecular flexibility index (Phi) is 5.48. The number of hydrogen-bond donors (Lipinski definition) is 2. The first-order chi connectivity index (χ1) is 12.6.